The smallest absolute Gasteiger partial charge is 0.0794 e. The van der Waals surface area contributed by atoms with E-state index >= 15 is 0 Å². The highest BCUT2D eigenvalue weighted by atomic mass is 14.7. The van der Waals surface area contributed by atoms with Crippen LogP contribution in [0.2, 0.25) is 0 Å². The number of pyridine rings is 2. The van der Waals surface area contributed by atoms with Crippen molar-refractivity contribution in [2.45, 2.75) is 0 Å². The first-order valence-electron chi connectivity index (χ1n) is 18.5. The summed E-state index contributed by atoms with van der Waals surface area (Å²) in [5.41, 5.74) is 12.2. The minimum absolute atomic E-state index is 0.965. The Morgan fingerprint density at radius 1 is 0.278 bits per heavy atom. The van der Waals surface area contributed by atoms with Gasteiger partial charge in [-0.1, -0.05) is 170 Å². The van der Waals surface area contributed by atoms with E-state index in [1.807, 2.05) is 0 Å². The third-order valence-electron chi connectivity index (χ3n) is 11.0. The molecule has 0 spiro atoms. The highest BCUT2D eigenvalue weighted by Crippen LogP contribution is 2.43. The van der Waals surface area contributed by atoms with Gasteiger partial charge in [-0.3, -0.25) is 0 Å². The second kappa shape index (κ2) is 12.2. The van der Waals surface area contributed by atoms with Gasteiger partial charge in [0.15, 0.2) is 0 Å². The van der Waals surface area contributed by atoms with E-state index in [1.54, 1.807) is 0 Å². The molecule has 250 valence electrons. The van der Waals surface area contributed by atoms with Crippen molar-refractivity contribution < 1.29 is 0 Å². The number of hydrogen-bond donors (Lipinski definition) is 0. The topological polar surface area (TPSA) is 25.8 Å². The summed E-state index contributed by atoms with van der Waals surface area (Å²) in [4.78, 5) is 10.5. The maximum absolute atomic E-state index is 5.53. The van der Waals surface area contributed by atoms with E-state index in [2.05, 4.69) is 194 Å². The van der Waals surface area contributed by atoms with E-state index in [4.69, 9.17) is 9.97 Å². The lowest BCUT2D eigenvalue weighted by atomic mass is 9.88. The lowest BCUT2D eigenvalue weighted by molar-refractivity contribution is 1.42. The monoisotopic (exact) mass is 684 g/mol. The lowest BCUT2D eigenvalue weighted by Crippen LogP contribution is -1.94. The fraction of sp³-hybridized carbons (Fsp3) is 0. The summed E-state index contributed by atoms with van der Waals surface area (Å²) >= 11 is 0. The van der Waals surface area contributed by atoms with Crippen LogP contribution < -0.4 is 0 Å². The highest BCUT2D eigenvalue weighted by Gasteiger charge is 2.18. The molecule has 2 heterocycles. The largest absolute Gasteiger partial charge is 0.248 e. The van der Waals surface area contributed by atoms with Gasteiger partial charge in [0.1, 0.15) is 0 Å². The molecule has 0 bridgehead atoms. The van der Waals surface area contributed by atoms with E-state index in [-0.39, 0.29) is 0 Å². The van der Waals surface area contributed by atoms with E-state index in [0.29, 0.717) is 0 Å². The molecule has 2 aromatic heterocycles. The molecule has 0 aliphatic rings. The molecule has 0 unspecified atom stereocenters. The van der Waals surface area contributed by atoms with Crippen molar-refractivity contribution in [2.24, 2.45) is 0 Å². The molecule has 0 saturated heterocycles. The number of rotatable bonds is 4. The number of benzene rings is 9. The van der Waals surface area contributed by atoms with Crippen molar-refractivity contribution in [3.8, 4) is 44.6 Å². The second-order valence-electron chi connectivity index (χ2n) is 14.1. The summed E-state index contributed by atoms with van der Waals surface area (Å²) in [6.07, 6.45) is 0. The van der Waals surface area contributed by atoms with E-state index < -0.39 is 0 Å². The van der Waals surface area contributed by atoms with Crippen LogP contribution >= 0.6 is 0 Å². The van der Waals surface area contributed by atoms with Crippen molar-refractivity contribution in [3.05, 3.63) is 194 Å². The standard InChI is InChI=1S/C52H32N2/c1-3-17-37-33(13-1)15-11-23-39(37)46-31-47-45(35-27-29-36(30-28-35)51-43-21-7-9-25-48(43)53-49-26-10-8-22-44(49)51)32-50(54-52(47)42-20-6-5-19-40(42)46)41-24-12-16-34-14-2-4-18-38(34)41/h1-32H. The van der Waals surface area contributed by atoms with Gasteiger partial charge in [-0.15, -0.1) is 0 Å². The van der Waals surface area contributed by atoms with Crippen LogP contribution in [0, 0.1) is 0 Å². The molecule has 9 aromatic carbocycles. The first-order valence-corrected chi connectivity index (χ1v) is 18.5. The number of fused-ring (bicyclic) bond motifs is 7. The Morgan fingerprint density at radius 3 is 1.44 bits per heavy atom. The van der Waals surface area contributed by atoms with Gasteiger partial charge in [-0.2, -0.15) is 0 Å². The third-order valence-corrected chi connectivity index (χ3v) is 11.0. The predicted molar refractivity (Wildman–Crippen MR) is 229 cm³/mol. The molecule has 0 radical (unpaired) electrons. The van der Waals surface area contributed by atoms with Crippen LogP contribution in [0.4, 0.5) is 0 Å². The summed E-state index contributed by atoms with van der Waals surface area (Å²) in [5, 5.41) is 10.7. The Bertz CT molecular complexity index is 3200. The number of para-hydroxylation sites is 2. The summed E-state index contributed by atoms with van der Waals surface area (Å²) in [7, 11) is 0. The van der Waals surface area contributed by atoms with Gasteiger partial charge in [-0.25, -0.2) is 9.97 Å². The van der Waals surface area contributed by atoms with Crippen LogP contribution in [-0.4, -0.2) is 9.97 Å². The van der Waals surface area contributed by atoms with Gasteiger partial charge in [-0.05, 0) is 79.0 Å². The van der Waals surface area contributed by atoms with Gasteiger partial charge in [0, 0.05) is 32.7 Å². The molecule has 0 amide bonds. The normalized spacial score (nSPS) is 11.7. The SMILES string of the molecule is c1ccc2c(-c3cc(-c4ccc(-c5c6ccccc6nc6ccccc56)cc4)c4cc(-c5cccc6ccccc56)c5ccccc5c4n3)cccc2c1. The molecule has 0 fully saturated rings. The average molecular weight is 685 g/mol. The molecule has 11 aromatic rings. The highest BCUT2D eigenvalue weighted by molar-refractivity contribution is 6.18. The zero-order chi connectivity index (χ0) is 35.6. The number of nitrogens with zero attached hydrogens (tertiary/aromatic N) is 2. The molecule has 0 aliphatic heterocycles. The minimum atomic E-state index is 0.965. The van der Waals surface area contributed by atoms with Crippen molar-refractivity contribution in [3.63, 3.8) is 0 Å². The Labute approximate surface area is 312 Å². The lowest BCUT2D eigenvalue weighted by Gasteiger charge is -2.17. The Hall–Kier alpha value is -7.16. The molecule has 0 N–H and O–H groups in total. The molecule has 54 heavy (non-hydrogen) atoms. The van der Waals surface area contributed by atoms with Crippen LogP contribution in [0.3, 0.4) is 0 Å². The van der Waals surface area contributed by atoms with Crippen LogP contribution in [0.15, 0.2) is 194 Å². The van der Waals surface area contributed by atoms with Crippen LogP contribution in [-0.2, 0) is 0 Å². The zero-order valence-corrected chi connectivity index (χ0v) is 29.4. The quantitative estimate of drug-likeness (QED) is 0.136. The first-order chi connectivity index (χ1) is 26.8. The molecule has 11 rings (SSSR count). The first kappa shape index (κ1) is 30.5. The Kier molecular flexibility index (Phi) is 6.90. The summed E-state index contributed by atoms with van der Waals surface area (Å²) < 4.78 is 0. The van der Waals surface area contributed by atoms with Crippen molar-refractivity contribution >= 4 is 65.0 Å². The fourth-order valence-electron chi connectivity index (χ4n) is 8.53. The predicted octanol–water partition coefficient (Wildman–Crippen LogP) is 14.1. The van der Waals surface area contributed by atoms with Crippen molar-refractivity contribution in [1.82, 2.24) is 9.97 Å². The molecular weight excluding hydrogens is 653 g/mol. The summed E-state index contributed by atoms with van der Waals surface area (Å²) in [6, 6.07) is 69.9. The van der Waals surface area contributed by atoms with Crippen LogP contribution in [0.1, 0.15) is 0 Å². The third kappa shape index (κ3) is 4.81. The summed E-state index contributed by atoms with van der Waals surface area (Å²) in [5.74, 6) is 0. The molecule has 0 atom stereocenters. The zero-order valence-electron chi connectivity index (χ0n) is 29.4. The van der Waals surface area contributed by atoms with E-state index in [9.17, 15) is 0 Å². The molecule has 0 saturated carbocycles. The van der Waals surface area contributed by atoms with Crippen LogP contribution in [0.5, 0.6) is 0 Å². The Morgan fingerprint density at radius 2 is 0.778 bits per heavy atom. The van der Waals surface area contributed by atoms with Crippen LogP contribution in [0.25, 0.3) is 110 Å². The maximum atomic E-state index is 5.53. The van der Waals surface area contributed by atoms with E-state index in [1.165, 1.54) is 49.2 Å². The maximum Gasteiger partial charge on any atom is 0.0794 e. The summed E-state index contributed by atoms with van der Waals surface area (Å²) in [6.45, 7) is 0. The van der Waals surface area contributed by atoms with Crippen molar-refractivity contribution in [2.75, 3.05) is 0 Å². The van der Waals surface area contributed by atoms with Gasteiger partial charge >= 0.3 is 0 Å². The molecule has 2 nitrogen and oxygen atoms in total. The fourth-order valence-corrected chi connectivity index (χ4v) is 8.53. The van der Waals surface area contributed by atoms with Gasteiger partial charge in [0.2, 0.25) is 0 Å². The van der Waals surface area contributed by atoms with Gasteiger partial charge in [0.05, 0.1) is 22.2 Å². The van der Waals surface area contributed by atoms with E-state index in [0.717, 1.165) is 60.5 Å². The Balaban J connectivity index is 1.20. The molecular formula is C52H32N2. The average Bonchev–Trinajstić information content (AvgIpc) is 3.24. The van der Waals surface area contributed by atoms with Gasteiger partial charge < -0.3 is 0 Å². The molecule has 2 heteroatoms. The number of aromatic nitrogens is 2. The number of hydrogen-bond acceptors (Lipinski definition) is 2. The van der Waals surface area contributed by atoms with Gasteiger partial charge in [0.25, 0.3) is 0 Å². The minimum Gasteiger partial charge on any atom is -0.248 e. The second-order valence-corrected chi connectivity index (χ2v) is 14.1. The van der Waals surface area contributed by atoms with Crippen molar-refractivity contribution in [1.29, 1.82) is 0 Å². The molecule has 0 aliphatic carbocycles.